The van der Waals surface area contributed by atoms with E-state index in [2.05, 4.69) is 0 Å². The monoisotopic (exact) mass is 358 g/mol. The van der Waals surface area contributed by atoms with Crippen LogP contribution in [0.3, 0.4) is 0 Å². The molecule has 140 valence electrons. The molecule has 3 N–H and O–H groups in total. The predicted molar refractivity (Wildman–Crippen MR) is 102 cm³/mol. The number of carbonyl (C=O) groups is 1. The van der Waals surface area contributed by atoms with Crippen LogP contribution in [0.4, 0.5) is 10.5 Å². The maximum absolute atomic E-state index is 11.6. The number of hydrogen-bond donors (Lipinski definition) is 2. The fourth-order valence-electron chi connectivity index (χ4n) is 2.54. The van der Waals surface area contributed by atoms with Gasteiger partial charge in [-0.05, 0) is 63.1 Å². The molecule has 6 nitrogen and oxygen atoms in total. The normalized spacial score (nSPS) is 11.1. The molecular formula is C20H26N2O4. The zero-order valence-electron chi connectivity index (χ0n) is 15.9. The molecule has 2 aromatic rings. The smallest absolute Gasteiger partial charge is 0.408 e. The highest BCUT2D eigenvalue weighted by Gasteiger charge is 2.26. The SMILES string of the molecule is COc1cc(Oc2ccc(N)c(CN(C(=O)O)C(C)(C)C)c2)ccc1C. The number of anilines is 1. The van der Waals surface area contributed by atoms with Gasteiger partial charge in [-0.15, -0.1) is 0 Å². The van der Waals surface area contributed by atoms with Crippen LogP contribution in [-0.2, 0) is 6.54 Å². The van der Waals surface area contributed by atoms with Crippen LogP contribution in [0.15, 0.2) is 36.4 Å². The highest BCUT2D eigenvalue weighted by Crippen LogP contribution is 2.30. The third-order valence-electron chi connectivity index (χ3n) is 4.10. The van der Waals surface area contributed by atoms with Gasteiger partial charge < -0.3 is 20.3 Å². The molecule has 0 radical (unpaired) electrons. The van der Waals surface area contributed by atoms with Crippen molar-refractivity contribution in [2.45, 2.75) is 39.8 Å². The lowest BCUT2D eigenvalue weighted by Crippen LogP contribution is -2.44. The summed E-state index contributed by atoms with van der Waals surface area (Å²) >= 11 is 0. The summed E-state index contributed by atoms with van der Waals surface area (Å²) in [7, 11) is 1.61. The Kier molecular flexibility index (Phi) is 5.65. The lowest BCUT2D eigenvalue weighted by Gasteiger charge is -2.33. The van der Waals surface area contributed by atoms with Crippen molar-refractivity contribution in [3.8, 4) is 17.2 Å². The van der Waals surface area contributed by atoms with E-state index in [1.165, 1.54) is 4.90 Å². The van der Waals surface area contributed by atoms with E-state index in [0.29, 0.717) is 22.7 Å². The summed E-state index contributed by atoms with van der Waals surface area (Å²) in [5.74, 6) is 1.95. The maximum atomic E-state index is 11.6. The average molecular weight is 358 g/mol. The van der Waals surface area contributed by atoms with Crippen molar-refractivity contribution in [3.05, 3.63) is 47.5 Å². The second kappa shape index (κ2) is 7.56. The Morgan fingerprint density at radius 2 is 1.77 bits per heavy atom. The number of carboxylic acid groups (broad SMARTS) is 1. The van der Waals surface area contributed by atoms with Gasteiger partial charge in [0.2, 0.25) is 0 Å². The Hall–Kier alpha value is -2.89. The molecule has 0 atom stereocenters. The lowest BCUT2D eigenvalue weighted by molar-refractivity contribution is 0.0956. The first kappa shape index (κ1) is 19.4. The summed E-state index contributed by atoms with van der Waals surface area (Å²) in [6.07, 6.45) is -0.994. The molecule has 0 saturated heterocycles. The quantitative estimate of drug-likeness (QED) is 0.760. The zero-order chi connectivity index (χ0) is 19.5. The fraction of sp³-hybridized carbons (Fsp3) is 0.350. The van der Waals surface area contributed by atoms with Gasteiger partial charge >= 0.3 is 6.09 Å². The molecule has 0 aliphatic rings. The van der Waals surface area contributed by atoms with E-state index in [1.54, 1.807) is 25.3 Å². The minimum Gasteiger partial charge on any atom is -0.496 e. The van der Waals surface area contributed by atoms with Gasteiger partial charge in [-0.2, -0.15) is 0 Å². The number of nitrogens with two attached hydrogens (primary N) is 1. The number of benzene rings is 2. The van der Waals surface area contributed by atoms with E-state index in [-0.39, 0.29) is 6.54 Å². The minimum atomic E-state index is -0.994. The van der Waals surface area contributed by atoms with Crippen molar-refractivity contribution in [1.82, 2.24) is 4.90 Å². The van der Waals surface area contributed by atoms with Crippen molar-refractivity contribution in [2.24, 2.45) is 0 Å². The summed E-state index contributed by atoms with van der Waals surface area (Å²) in [5.41, 5.74) is 7.73. The molecule has 0 aliphatic carbocycles. The zero-order valence-corrected chi connectivity index (χ0v) is 15.9. The molecule has 2 aromatic carbocycles. The first-order valence-corrected chi connectivity index (χ1v) is 8.33. The number of rotatable bonds is 5. The van der Waals surface area contributed by atoms with E-state index in [0.717, 1.165) is 11.3 Å². The van der Waals surface area contributed by atoms with Crippen LogP contribution in [0.2, 0.25) is 0 Å². The molecule has 0 aliphatic heterocycles. The molecule has 0 bridgehead atoms. The van der Waals surface area contributed by atoms with E-state index in [1.807, 2.05) is 45.9 Å². The van der Waals surface area contributed by atoms with E-state index >= 15 is 0 Å². The molecule has 0 saturated carbocycles. The molecule has 26 heavy (non-hydrogen) atoms. The van der Waals surface area contributed by atoms with Gasteiger partial charge in [0.1, 0.15) is 17.2 Å². The Bertz CT molecular complexity index is 797. The number of ether oxygens (including phenoxy) is 2. The lowest BCUT2D eigenvalue weighted by atomic mass is 10.0. The van der Waals surface area contributed by atoms with Crippen LogP contribution in [0, 0.1) is 6.92 Å². The van der Waals surface area contributed by atoms with Gasteiger partial charge in [0.25, 0.3) is 0 Å². The first-order chi connectivity index (χ1) is 12.1. The van der Waals surface area contributed by atoms with Gasteiger partial charge in [-0.1, -0.05) is 6.07 Å². The minimum absolute atomic E-state index is 0.180. The second-order valence-corrected chi connectivity index (χ2v) is 7.13. The molecule has 0 aromatic heterocycles. The molecular weight excluding hydrogens is 332 g/mol. The number of nitrogen functional groups attached to an aromatic ring is 1. The molecule has 0 heterocycles. The summed E-state index contributed by atoms with van der Waals surface area (Å²) < 4.78 is 11.2. The van der Waals surface area contributed by atoms with Crippen LogP contribution in [0.1, 0.15) is 31.9 Å². The predicted octanol–water partition coefficient (Wildman–Crippen LogP) is 4.66. The number of aryl methyl sites for hydroxylation is 1. The summed E-state index contributed by atoms with van der Waals surface area (Å²) in [6.45, 7) is 7.67. The van der Waals surface area contributed by atoms with Gasteiger partial charge in [-0.25, -0.2) is 4.79 Å². The van der Waals surface area contributed by atoms with Gasteiger partial charge in [-0.3, -0.25) is 4.90 Å². The van der Waals surface area contributed by atoms with Crippen LogP contribution in [0.25, 0.3) is 0 Å². The number of methoxy groups -OCH3 is 1. The third kappa shape index (κ3) is 4.59. The highest BCUT2D eigenvalue weighted by molar-refractivity contribution is 5.66. The largest absolute Gasteiger partial charge is 0.496 e. The molecule has 0 spiro atoms. The van der Waals surface area contributed by atoms with Crippen molar-refractivity contribution in [3.63, 3.8) is 0 Å². The van der Waals surface area contributed by atoms with Crippen LogP contribution in [-0.4, -0.2) is 28.7 Å². The Labute approximate surface area is 154 Å². The fourth-order valence-corrected chi connectivity index (χ4v) is 2.54. The number of amides is 1. The topological polar surface area (TPSA) is 85.0 Å². The molecule has 1 amide bonds. The van der Waals surface area contributed by atoms with Crippen LogP contribution < -0.4 is 15.2 Å². The van der Waals surface area contributed by atoms with Gasteiger partial charge in [0.15, 0.2) is 0 Å². The number of nitrogens with zero attached hydrogens (tertiary/aromatic N) is 1. The number of hydrogen-bond acceptors (Lipinski definition) is 4. The Balaban J connectivity index is 2.28. The molecule has 0 unspecified atom stereocenters. The summed E-state index contributed by atoms with van der Waals surface area (Å²) in [5, 5.41) is 9.49. The van der Waals surface area contributed by atoms with E-state index in [4.69, 9.17) is 15.2 Å². The maximum Gasteiger partial charge on any atom is 0.408 e. The van der Waals surface area contributed by atoms with Gasteiger partial charge in [0.05, 0.1) is 13.7 Å². The first-order valence-electron chi connectivity index (χ1n) is 8.33. The Morgan fingerprint density at radius 3 is 2.35 bits per heavy atom. The van der Waals surface area contributed by atoms with E-state index in [9.17, 15) is 9.90 Å². The van der Waals surface area contributed by atoms with Crippen LogP contribution >= 0.6 is 0 Å². The van der Waals surface area contributed by atoms with Crippen molar-refractivity contribution < 1.29 is 19.4 Å². The van der Waals surface area contributed by atoms with Crippen LogP contribution in [0.5, 0.6) is 17.2 Å². The van der Waals surface area contributed by atoms with Crippen molar-refractivity contribution in [1.29, 1.82) is 0 Å². The molecule has 6 heteroatoms. The highest BCUT2D eigenvalue weighted by atomic mass is 16.5. The second-order valence-electron chi connectivity index (χ2n) is 7.13. The summed E-state index contributed by atoms with van der Waals surface area (Å²) in [4.78, 5) is 12.9. The van der Waals surface area contributed by atoms with Gasteiger partial charge in [0, 0.05) is 17.3 Å². The average Bonchev–Trinajstić information content (AvgIpc) is 2.55. The third-order valence-corrected chi connectivity index (χ3v) is 4.10. The van der Waals surface area contributed by atoms with Crippen molar-refractivity contribution in [2.75, 3.05) is 12.8 Å². The molecule has 0 fully saturated rings. The standard InChI is InChI=1S/C20H26N2O4/c1-13-6-7-16(11-18(13)25-5)26-15-8-9-17(21)14(10-15)12-22(19(23)24)20(2,3)4/h6-11H,12,21H2,1-5H3,(H,23,24). The Morgan fingerprint density at radius 1 is 1.15 bits per heavy atom. The summed E-state index contributed by atoms with van der Waals surface area (Å²) in [6, 6.07) is 10.8. The van der Waals surface area contributed by atoms with E-state index < -0.39 is 11.6 Å². The van der Waals surface area contributed by atoms with Crippen molar-refractivity contribution >= 4 is 11.8 Å². The molecule has 2 rings (SSSR count).